The summed E-state index contributed by atoms with van der Waals surface area (Å²) in [6, 6.07) is 7.65. The lowest BCUT2D eigenvalue weighted by Gasteiger charge is -2.47. The van der Waals surface area contributed by atoms with E-state index < -0.39 is 41.8 Å². The van der Waals surface area contributed by atoms with E-state index in [2.05, 4.69) is 10.1 Å². The van der Waals surface area contributed by atoms with Gasteiger partial charge in [-0.05, 0) is 43.3 Å². The molecule has 7 nitrogen and oxygen atoms in total. The number of amides is 1. The number of aromatic nitrogens is 3. The normalized spacial score (nSPS) is 20.8. The van der Waals surface area contributed by atoms with Gasteiger partial charge in [0, 0.05) is 21.2 Å². The molecule has 2 heterocycles. The molecule has 1 fully saturated rings. The number of benzene rings is 2. The van der Waals surface area contributed by atoms with Crippen molar-refractivity contribution in [1.82, 2.24) is 19.7 Å². The molecular weight excluding hydrogens is 496 g/mol. The number of carbonyl (C=O) groups excluding carboxylic acids is 2. The highest BCUT2D eigenvalue weighted by Crippen LogP contribution is 2.42. The Kier molecular flexibility index (Phi) is 6.30. The second-order valence-corrected chi connectivity index (χ2v) is 8.61. The summed E-state index contributed by atoms with van der Waals surface area (Å²) < 4.78 is 46.1. The Labute approximate surface area is 202 Å². The van der Waals surface area contributed by atoms with Gasteiger partial charge in [0.25, 0.3) is 5.91 Å². The molecule has 4 rings (SSSR count). The second-order valence-electron chi connectivity index (χ2n) is 7.76. The van der Waals surface area contributed by atoms with Crippen molar-refractivity contribution in [3.8, 4) is 0 Å². The molecule has 0 bridgehead atoms. The Balaban J connectivity index is 1.77. The molecule has 34 heavy (non-hydrogen) atoms. The topological polar surface area (TPSA) is 77.3 Å². The number of rotatable bonds is 4. The number of carbonyl (C=O) groups is 2. The number of hydrogen-bond acceptors (Lipinski definition) is 5. The summed E-state index contributed by atoms with van der Waals surface area (Å²) in [6.07, 6.45) is -1.82. The number of nitrogens with zero attached hydrogens (tertiary/aromatic N) is 4. The zero-order valence-electron chi connectivity index (χ0n) is 17.6. The van der Waals surface area contributed by atoms with Gasteiger partial charge < -0.3 is 9.64 Å². The molecule has 1 amide bonds. The van der Waals surface area contributed by atoms with E-state index in [1.165, 1.54) is 28.3 Å². The van der Waals surface area contributed by atoms with Crippen molar-refractivity contribution in [3.63, 3.8) is 0 Å². The van der Waals surface area contributed by atoms with E-state index in [0.29, 0.717) is 10.6 Å². The average molecular weight is 513 g/mol. The first-order valence-electron chi connectivity index (χ1n) is 9.99. The van der Waals surface area contributed by atoms with Gasteiger partial charge in [0.1, 0.15) is 19.2 Å². The lowest BCUT2D eigenvalue weighted by molar-refractivity contribution is -0.186. The van der Waals surface area contributed by atoms with Gasteiger partial charge in [-0.1, -0.05) is 29.3 Å². The molecule has 0 saturated carbocycles. The molecule has 0 radical (unpaired) electrons. The molecular formula is C22H17Cl2F3N4O3. The van der Waals surface area contributed by atoms with Gasteiger partial charge in [-0.25, -0.2) is 9.67 Å². The van der Waals surface area contributed by atoms with Gasteiger partial charge in [-0.3, -0.25) is 9.59 Å². The van der Waals surface area contributed by atoms with E-state index in [1.807, 2.05) is 0 Å². The Morgan fingerprint density at radius 1 is 1.21 bits per heavy atom. The molecule has 0 N–H and O–H groups in total. The smallest absolute Gasteiger partial charge is 0.416 e. The first kappa shape index (κ1) is 24.0. The van der Waals surface area contributed by atoms with E-state index in [0.717, 1.165) is 24.3 Å². The maximum Gasteiger partial charge on any atom is 0.416 e. The minimum atomic E-state index is -4.54. The van der Waals surface area contributed by atoms with E-state index in [-0.39, 0.29) is 17.1 Å². The van der Waals surface area contributed by atoms with Gasteiger partial charge in [0.15, 0.2) is 5.60 Å². The van der Waals surface area contributed by atoms with E-state index in [9.17, 15) is 22.8 Å². The first-order chi connectivity index (χ1) is 16.0. The number of ether oxygens (including phenoxy) is 1. The second kappa shape index (κ2) is 8.92. The van der Waals surface area contributed by atoms with Crippen LogP contribution in [-0.2, 0) is 27.9 Å². The van der Waals surface area contributed by atoms with Crippen LogP contribution in [0.15, 0.2) is 55.1 Å². The van der Waals surface area contributed by atoms with Crippen LogP contribution in [0, 0.1) is 0 Å². The maximum absolute atomic E-state index is 13.3. The summed E-state index contributed by atoms with van der Waals surface area (Å²) in [5.41, 5.74) is -1.98. The lowest BCUT2D eigenvalue weighted by Crippen LogP contribution is -2.61. The quantitative estimate of drug-likeness (QED) is 0.478. The van der Waals surface area contributed by atoms with Crippen LogP contribution < -0.4 is 0 Å². The van der Waals surface area contributed by atoms with Crippen LogP contribution in [0.3, 0.4) is 0 Å². The summed E-state index contributed by atoms with van der Waals surface area (Å²) in [5.74, 6) is -1.35. The minimum absolute atomic E-state index is 0.00795. The molecule has 0 spiro atoms. The van der Waals surface area contributed by atoms with Crippen LogP contribution in [0.2, 0.25) is 10.0 Å². The third-order valence-electron chi connectivity index (χ3n) is 5.71. The molecule has 12 heteroatoms. The number of hydrogen-bond donors (Lipinski definition) is 0. The maximum atomic E-state index is 13.3. The van der Waals surface area contributed by atoms with Crippen molar-refractivity contribution in [3.05, 3.63) is 81.9 Å². The third-order valence-corrected chi connectivity index (χ3v) is 6.26. The van der Waals surface area contributed by atoms with Crippen molar-refractivity contribution >= 4 is 35.1 Å². The van der Waals surface area contributed by atoms with Gasteiger partial charge in [-0.15, -0.1) is 0 Å². The molecule has 0 aliphatic carbocycles. The van der Waals surface area contributed by atoms with Gasteiger partial charge in [0.2, 0.25) is 0 Å². The number of halogens is 5. The van der Waals surface area contributed by atoms with Gasteiger partial charge in [-0.2, -0.15) is 18.3 Å². The fourth-order valence-electron chi connectivity index (χ4n) is 3.98. The summed E-state index contributed by atoms with van der Waals surface area (Å²) >= 11 is 12.5. The van der Waals surface area contributed by atoms with Gasteiger partial charge >= 0.3 is 12.1 Å². The number of cyclic esters (lactones) is 1. The first-order valence-corrected chi connectivity index (χ1v) is 10.7. The van der Waals surface area contributed by atoms with Crippen LogP contribution in [0.4, 0.5) is 13.2 Å². The largest absolute Gasteiger partial charge is 0.449 e. The van der Waals surface area contributed by atoms with Crippen molar-refractivity contribution in [1.29, 1.82) is 0 Å². The fourth-order valence-corrected chi connectivity index (χ4v) is 4.55. The highest BCUT2D eigenvalue weighted by atomic mass is 35.5. The van der Waals surface area contributed by atoms with Crippen molar-refractivity contribution in [2.24, 2.45) is 0 Å². The fraction of sp³-hybridized carbons (Fsp3) is 0.273. The van der Waals surface area contributed by atoms with Crippen molar-refractivity contribution in [2.75, 3.05) is 6.54 Å². The Morgan fingerprint density at radius 2 is 1.91 bits per heavy atom. The highest BCUT2D eigenvalue weighted by molar-refractivity contribution is 6.35. The van der Waals surface area contributed by atoms with E-state index in [1.54, 1.807) is 19.1 Å². The zero-order chi connectivity index (χ0) is 24.7. The lowest BCUT2D eigenvalue weighted by atomic mass is 9.84. The predicted molar refractivity (Wildman–Crippen MR) is 116 cm³/mol. The summed E-state index contributed by atoms with van der Waals surface area (Å²) in [6.45, 7) is 1.24. The monoisotopic (exact) mass is 512 g/mol. The standard InChI is InChI=1S/C22H17Cl2F3N4O3/c1-13-21(10-30-12-28-11-29-30,17-7-6-16(23)8-18(17)24)34-19(32)9-31(13)20(33)14-2-4-15(5-3-14)22(25,26)27/h2-8,11-13H,9-10H2,1H3/t13?,21-/m1/s1. The van der Waals surface area contributed by atoms with Crippen LogP contribution in [0.5, 0.6) is 0 Å². The Hall–Kier alpha value is -3.11. The molecule has 3 aromatic rings. The molecule has 1 unspecified atom stereocenters. The van der Waals surface area contributed by atoms with E-state index in [4.69, 9.17) is 27.9 Å². The van der Waals surface area contributed by atoms with Crippen LogP contribution >= 0.6 is 23.2 Å². The minimum Gasteiger partial charge on any atom is -0.449 e. The number of alkyl halides is 3. The van der Waals surface area contributed by atoms with Crippen LogP contribution in [-0.4, -0.2) is 44.1 Å². The molecule has 178 valence electrons. The van der Waals surface area contributed by atoms with Crippen LogP contribution in [0.1, 0.15) is 28.4 Å². The Bertz CT molecular complexity index is 1220. The number of morpholine rings is 1. The van der Waals surface area contributed by atoms with Crippen molar-refractivity contribution < 1.29 is 27.5 Å². The van der Waals surface area contributed by atoms with Gasteiger partial charge in [0.05, 0.1) is 18.2 Å². The van der Waals surface area contributed by atoms with E-state index >= 15 is 0 Å². The highest BCUT2D eigenvalue weighted by Gasteiger charge is 2.52. The molecule has 1 aliphatic rings. The van der Waals surface area contributed by atoms with Crippen LogP contribution in [0.25, 0.3) is 0 Å². The molecule has 1 aromatic heterocycles. The number of esters is 1. The molecule has 2 aromatic carbocycles. The van der Waals surface area contributed by atoms with Crippen molar-refractivity contribution in [2.45, 2.75) is 31.3 Å². The summed E-state index contributed by atoms with van der Waals surface area (Å²) in [7, 11) is 0. The zero-order valence-corrected chi connectivity index (χ0v) is 19.1. The predicted octanol–water partition coefficient (Wildman–Crippen LogP) is 4.59. The molecule has 2 atom stereocenters. The SMILES string of the molecule is CC1N(C(=O)c2ccc(C(F)(F)F)cc2)CC(=O)O[C@@]1(Cn1cncn1)c1ccc(Cl)cc1Cl. The summed E-state index contributed by atoms with van der Waals surface area (Å²) in [5, 5.41) is 4.65. The average Bonchev–Trinajstić information content (AvgIpc) is 3.28. The molecule has 1 aliphatic heterocycles. The molecule has 1 saturated heterocycles. The third kappa shape index (κ3) is 4.47. The summed E-state index contributed by atoms with van der Waals surface area (Å²) in [4.78, 5) is 31.2. The Morgan fingerprint density at radius 3 is 2.50 bits per heavy atom.